The SMILES string of the molecule is COCCOCCC(=O)N1CCC[C@H]1C(=O)N[C@@H](CC(C)C)C(=O)C[C@@H](Cc1cnc[nH]1)C(=O)N[C@@H](CO)C(=O)C[C@H](C(N)=O)[C@@H](C)OP(=O)(O)OCCCCc1ccccc1. The fourth-order valence-electron chi connectivity index (χ4n) is 7.14. The molecule has 7 N–H and O–H groups in total. The topological polar surface area (TPSA) is 279 Å². The van der Waals surface area contributed by atoms with E-state index in [2.05, 4.69) is 20.6 Å². The van der Waals surface area contributed by atoms with Crippen LogP contribution >= 0.6 is 7.82 Å². The van der Waals surface area contributed by atoms with E-state index in [-0.39, 0.29) is 50.7 Å². The lowest BCUT2D eigenvalue weighted by Crippen LogP contribution is -2.52. The molecule has 1 aromatic carbocycles. The molecule has 0 spiro atoms. The summed E-state index contributed by atoms with van der Waals surface area (Å²) in [6.45, 7) is 5.30. The maximum absolute atomic E-state index is 14.0. The Balaban J connectivity index is 1.65. The number of H-pyrrole nitrogens is 1. The number of aromatic amines is 1. The van der Waals surface area contributed by atoms with Crippen LogP contribution in [0.25, 0.3) is 0 Å². The number of nitrogens with two attached hydrogens (primary N) is 1. The summed E-state index contributed by atoms with van der Waals surface area (Å²) in [5, 5.41) is 15.5. The molecule has 3 rings (SSSR count). The molecule has 346 valence electrons. The van der Waals surface area contributed by atoms with E-state index in [1.165, 1.54) is 24.3 Å². The quantitative estimate of drug-likeness (QED) is 0.0468. The molecule has 1 unspecified atom stereocenters. The average molecular weight is 893 g/mol. The van der Waals surface area contributed by atoms with E-state index >= 15 is 0 Å². The predicted octanol–water partition coefficient (Wildman–Crippen LogP) is 2.19. The summed E-state index contributed by atoms with van der Waals surface area (Å²) in [7, 11) is -3.14. The van der Waals surface area contributed by atoms with Crippen molar-refractivity contribution in [3.05, 3.63) is 54.1 Å². The second-order valence-electron chi connectivity index (χ2n) is 15.9. The van der Waals surface area contributed by atoms with Gasteiger partial charge in [0.1, 0.15) is 12.1 Å². The molecule has 2 heterocycles. The van der Waals surface area contributed by atoms with Gasteiger partial charge in [0.2, 0.25) is 23.6 Å². The monoisotopic (exact) mass is 892 g/mol. The van der Waals surface area contributed by atoms with Crippen LogP contribution in [0.3, 0.4) is 0 Å². The van der Waals surface area contributed by atoms with E-state index in [0.717, 1.165) is 12.0 Å². The Morgan fingerprint density at radius 3 is 2.35 bits per heavy atom. The Labute approximate surface area is 363 Å². The molecule has 1 aromatic heterocycles. The highest BCUT2D eigenvalue weighted by Crippen LogP contribution is 2.46. The number of phosphoric ester groups is 1. The van der Waals surface area contributed by atoms with E-state index < -0.39 is 86.2 Å². The number of primary amides is 1. The van der Waals surface area contributed by atoms with Gasteiger partial charge >= 0.3 is 7.82 Å². The van der Waals surface area contributed by atoms with Gasteiger partial charge in [-0.25, -0.2) is 9.55 Å². The third-order valence-electron chi connectivity index (χ3n) is 10.5. The largest absolute Gasteiger partial charge is 0.472 e. The molecule has 1 saturated heterocycles. The van der Waals surface area contributed by atoms with Crippen LogP contribution < -0.4 is 16.4 Å². The maximum Gasteiger partial charge on any atom is 0.472 e. The molecule has 1 aliphatic heterocycles. The molecule has 2 aromatic rings. The summed E-state index contributed by atoms with van der Waals surface area (Å²) in [6.07, 6.45) is 3.59. The van der Waals surface area contributed by atoms with Crippen molar-refractivity contribution in [1.82, 2.24) is 25.5 Å². The van der Waals surface area contributed by atoms with E-state index in [9.17, 15) is 43.3 Å². The van der Waals surface area contributed by atoms with Gasteiger partial charge in [-0.1, -0.05) is 44.2 Å². The van der Waals surface area contributed by atoms with Crippen molar-refractivity contribution in [2.75, 3.05) is 46.7 Å². The van der Waals surface area contributed by atoms with Gasteiger partial charge in [0, 0.05) is 44.8 Å². The number of imidazole rings is 1. The number of rotatable bonds is 31. The first-order valence-electron chi connectivity index (χ1n) is 21.1. The lowest BCUT2D eigenvalue weighted by atomic mass is 9.89. The fraction of sp³-hybridized carbons (Fsp3) is 0.643. The van der Waals surface area contributed by atoms with Gasteiger partial charge in [-0.3, -0.25) is 37.8 Å². The molecule has 0 radical (unpaired) electrons. The first kappa shape index (κ1) is 52.0. The zero-order valence-electron chi connectivity index (χ0n) is 36.2. The van der Waals surface area contributed by atoms with Crippen molar-refractivity contribution in [3.63, 3.8) is 0 Å². The van der Waals surface area contributed by atoms with E-state index in [0.29, 0.717) is 51.1 Å². The number of carbonyl (C=O) groups is 6. The second-order valence-corrected chi connectivity index (χ2v) is 17.3. The highest BCUT2D eigenvalue weighted by atomic mass is 31.2. The van der Waals surface area contributed by atoms with Crippen LogP contribution in [0.2, 0.25) is 0 Å². The Bertz CT molecular complexity index is 1770. The molecule has 1 aliphatic rings. The number of ether oxygens (including phenoxy) is 2. The lowest BCUT2D eigenvalue weighted by Gasteiger charge is -2.28. The smallest absolute Gasteiger partial charge is 0.394 e. The number of unbranched alkanes of at least 4 members (excludes halogenated alkanes) is 1. The minimum absolute atomic E-state index is 0.0313. The number of ketones is 2. The summed E-state index contributed by atoms with van der Waals surface area (Å²) in [5.41, 5.74) is 7.17. The van der Waals surface area contributed by atoms with Crippen LogP contribution in [0, 0.1) is 17.8 Å². The zero-order chi connectivity index (χ0) is 45.7. The fourth-order valence-corrected chi connectivity index (χ4v) is 8.13. The number of Topliss-reactive ketones (excluding diaryl/α,β-unsaturated/α-hetero) is 2. The molecule has 20 heteroatoms. The van der Waals surface area contributed by atoms with Crippen molar-refractivity contribution in [2.24, 2.45) is 23.5 Å². The van der Waals surface area contributed by atoms with Crippen LogP contribution in [0.15, 0.2) is 42.9 Å². The number of aliphatic hydroxyl groups excluding tert-OH is 1. The zero-order valence-corrected chi connectivity index (χ0v) is 37.1. The third-order valence-corrected chi connectivity index (χ3v) is 11.6. The number of phosphoric acid groups is 1. The van der Waals surface area contributed by atoms with E-state index in [1.54, 1.807) is 7.11 Å². The molecule has 0 aliphatic carbocycles. The summed E-state index contributed by atoms with van der Waals surface area (Å²) in [5.74, 6) is -6.45. The molecule has 62 heavy (non-hydrogen) atoms. The van der Waals surface area contributed by atoms with E-state index in [1.807, 2.05) is 44.2 Å². The number of amides is 4. The number of nitrogens with zero attached hydrogens (tertiary/aromatic N) is 2. The number of hydrogen-bond acceptors (Lipinski definition) is 13. The van der Waals surface area contributed by atoms with Crippen LogP contribution in [-0.4, -0.2) is 131 Å². The molecule has 19 nitrogen and oxygen atoms in total. The van der Waals surface area contributed by atoms with Crippen molar-refractivity contribution < 1.29 is 61.9 Å². The summed E-state index contributed by atoms with van der Waals surface area (Å²) < 4.78 is 33.4. The van der Waals surface area contributed by atoms with Crippen LogP contribution in [0.4, 0.5) is 0 Å². The first-order valence-corrected chi connectivity index (χ1v) is 22.6. The van der Waals surface area contributed by atoms with Gasteiger partial charge in [0.25, 0.3) is 0 Å². The van der Waals surface area contributed by atoms with Gasteiger partial charge in [0.05, 0.1) is 69.8 Å². The first-order chi connectivity index (χ1) is 29.5. The van der Waals surface area contributed by atoms with Crippen LogP contribution in [-0.2, 0) is 64.7 Å². The standard InChI is InChI=1S/C42H65N6O13P/c1-28(2)21-34(46-42(55)36-14-10-16-48(36)39(52)15-18-59-20-19-58-4)37(50)23-31(22-32-25-44-27-45-32)41(54)47-35(26-49)38(51)24-33(40(43)53)29(3)61-62(56,57)60-17-9-8-13-30-11-6-5-7-12-30/h5-7,11-12,25,27-29,31,33-36,49H,8-10,13-24,26H2,1-4H3,(H2,43,53)(H,44,45)(H,46,55)(H,47,54)(H,56,57)/t29-,31-,33+,34+,35+,36+/m1/s1. The maximum atomic E-state index is 14.0. The number of carbonyl (C=O) groups excluding carboxylic acids is 6. The molecule has 1 fully saturated rings. The number of aliphatic hydroxyl groups is 1. The van der Waals surface area contributed by atoms with Crippen LogP contribution in [0.5, 0.6) is 0 Å². The van der Waals surface area contributed by atoms with Crippen molar-refractivity contribution in [3.8, 4) is 0 Å². The van der Waals surface area contributed by atoms with Gasteiger partial charge < -0.3 is 45.7 Å². The van der Waals surface area contributed by atoms with Crippen molar-refractivity contribution in [2.45, 2.75) is 109 Å². The minimum atomic E-state index is -4.68. The summed E-state index contributed by atoms with van der Waals surface area (Å²) in [6, 6.07) is 6.32. The molecular weight excluding hydrogens is 827 g/mol. The second kappa shape index (κ2) is 27.0. The summed E-state index contributed by atoms with van der Waals surface area (Å²) >= 11 is 0. The minimum Gasteiger partial charge on any atom is -0.394 e. The number of benzene rings is 1. The highest BCUT2D eigenvalue weighted by Gasteiger charge is 2.38. The number of likely N-dealkylation sites (tertiary alicyclic amines) is 1. The number of aryl methyl sites for hydroxylation is 1. The molecular formula is C42H65N6O13P. The Morgan fingerprint density at radius 1 is 0.984 bits per heavy atom. The van der Waals surface area contributed by atoms with Crippen molar-refractivity contribution >= 4 is 43.0 Å². The lowest BCUT2D eigenvalue weighted by molar-refractivity contribution is -0.140. The van der Waals surface area contributed by atoms with Crippen LogP contribution in [0.1, 0.15) is 83.4 Å². The summed E-state index contributed by atoms with van der Waals surface area (Å²) in [4.78, 5) is 99.2. The number of hydrogen-bond donors (Lipinski definition) is 6. The molecule has 7 atom stereocenters. The third kappa shape index (κ3) is 18.2. The number of aromatic nitrogens is 2. The van der Waals surface area contributed by atoms with E-state index in [4.69, 9.17) is 24.3 Å². The molecule has 0 bridgehead atoms. The van der Waals surface area contributed by atoms with Gasteiger partial charge in [0.15, 0.2) is 11.6 Å². The van der Waals surface area contributed by atoms with Gasteiger partial charge in [-0.05, 0) is 56.9 Å². The Morgan fingerprint density at radius 2 is 1.71 bits per heavy atom. The van der Waals surface area contributed by atoms with Crippen molar-refractivity contribution in [1.29, 1.82) is 0 Å². The molecule has 0 saturated carbocycles. The highest BCUT2D eigenvalue weighted by molar-refractivity contribution is 7.47. The van der Waals surface area contributed by atoms with Gasteiger partial charge in [-0.2, -0.15) is 0 Å². The predicted molar refractivity (Wildman–Crippen MR) is 226 cm³/mol. The normalized spacial score (nSPS) is 17.4. The average Bonchev–Trinajstić information content (AvgIpc) is 3.94. The molecule has 4 amide bonds. The number of methoxy groups -OCH3 is 1. The van der Waals surface area contributed by atoms with Gasteiger partial charge in [-0.15, -0.1) is 0 Å². The number of nitrogens with one attached hydrogen (secondary N) is 3. The Kier molecular flexibility index (Phi) is 22.6. The Hall–Kier alpha value is -4.36.